The number of hydrogen-bond acceptors (Lipinski definition) is 6. The highest BCUT2D eigenvalue weighted by molar-refractivity contribution is 5.76. The van der Waals surface area contributed by atoms with Crippen LogP contribution < -0.4 is 21.1 Å². The van der Waals surface area contributed by atoms with Gasteiger partial charge in [-0.2, -0.15) is 4.98 Å². The molecule has 1 saturated heterocycles. The van der Waals surface area contributed by atoms with Crippen LogP contribution >= 0.6 is 0 Å². The fraction of sp³-hybridized carbons (Fsp3) is 0.480. The molecule has 2 aromatic heterocycles. The molecule has 2 aliphatic rings. The molecule has 3 aromatic rings. The Labute approximate surface area is 188 Å². The molecule has 3 heterocycles. The number of nitrogens with one attached hydrogen (secondary N) is 2. The third kappa shape index (κ3) is 4.35. The van der Waals surface area contributed by atoms with Crippen LogP contribution in [0.3, 0.4) is 0 Å². The quantitative estimate of drug-likeness (QED) is 0.633. The van der Waals surface area contributed by atoms with Gasteiger partial charge in [0, 0.05) is 61.2 Å². The second kappa shape index (κ2) is 9.28. The largest absolute Gasteiger partial charge is 0.369 e. The van der Waals surface area contributed by atoms with Crippen molar-refractivity contribution in [3.63, 3.8) is 0 Å². The SMILES string of the molecule is CC(C1CCCCC1)n1c(=O)ccc2cnc(Nc3ccc(N4CCNCC4)cc3)nc21. The third-order valence-electron chi connectivity index (χ3n) is 7.01. The van der Waals surface area contributed by atoms with Crippen molar-refractivity contribution >= 4 is 28.4 Å². The zero-order valence-electron chi connectivity index (χ0n) is 18.8. The molecule has 2 N–H and O–H groups in total. The summed E-state index contributed by atoms with van der Waals surface area (Å²) in [5.74, 6) is 1.04. The van der Waals surface area contributed by atoms with E-state index in [0.29, 0.717) is 17.5 Å². The number of aromatic nitrogens is 3. The van der Waals surface area contributed by atoms with Crippen LogP contribution in [0.4, 0.5) is 17.3 Å². The molecule has 1 atom stereocenters. The van der Waals surface area contributed by atoms with Crippen LogP contribution in [0.5, 0.6) is 0 Å². The Hall–Kier alpha value is -2.93. The van der Waals surface area contributed by atoms with Crippen LogP contribution in [-0.2, 0) is 0 Å². The van der Waals surface area contributed by atoms with Crippen molar-refractivity contribution in [2.45, 2.75) is 45.1 Å². The van der Waals surface area contributed by atoms with Gasteiger partial charge >= 0.3 is 0 Å². The average Bonchev–Trinajstić information content (AvgIpc) is 2.85. The first kappa shape index (κ1) is 20.9. The zero-order chi connectivity index (χ0) is 21.9. The van der Waals surface area contributed by atoms with Gasteiger partial charge in [-0.15, -0.1) is 0 Å². The van der Waals surface area contributed by atoms with Gasteiger partial charge in [0.05, 0.1) is 0 Å². The Balaban J connectivity index is 1.40. The molecule has 1 aliphatic carbocycles. The topological polar surface area (TPSA) is 75.1 Å². The van der Waals surface area contributed by atoms with Crippen LogP contribution in [0, 0.1) is 5.92 Å². The van der Waals surface area contributed by atoms with Gasteiger partial charge in [-0.25, -0.2) is 4.98 Å². The Bertz CT molecular complexity index is 1110. The van der Waals surface area contributed by atoms with Crippen molar-refractivity contribution in [3.8, 4) is 0 Å². The molecular weight excluding hydrogens is 400 g/mol. The zero-order valence-corrected chi connectivity index (χ0v) is 18.8. The predicted molar refractivity (Wildman–Crippen MR) is 130 cm³/mol. The lowest BCUT2D eigenvalue weighted by Gasteiger charge is -2.29. The Morgan fingerprint density at radius 2 is 1.78 bits per heavy atom. The summed E-state index contributed by atoms with van der Waals surface area (Å²) in [7, 11) is 0. The monoisotopic (exact) mass is 432 g/mol. The fourth-order valence-electron chi connectivity index (χ4n) is 5.13. The minimum atomic E-state index is 0.0144. The van der Waals surface area contributed by atoms with E-state index < -0.39 is 0 Å². The molecule has 7 heteroatoms. The van der Waals surface area contributed by atoms with Gasteiger partial charge in [0.1, 0.15) is 5.65 Å². The second-order valence-electron chi connectivity index (χ2n) is 9.06. The van der Waals surface area contributed by atoms with Crippen molar-refractivity contribution < 1.29 is 0 Å². The van der Waals surface area contributed by atoms with Crippen molar-refractivity contribution in [1.82, 2.24) is 19.9 Å². The maximum absolute atomic E-state index is 12.8. The van der Waals surface area contributed by atoms with Crippen molar-refractivity contribution in [2.75, 3.05) is 36.4 Å². The molecule has 2 fully saturated rings. The summed E-state index contributed by atoms with van der Waals surface area (Å²) in [5.41, 5.74) is 2.89. The van der Waals surface area contributed by atoms with Crippen LogP contribution in [-0.4, -0.2) is 40.7 Å². The van der Waals surface area contributed by atoms with Crippen LogP contribution in [0.15, 0.2) is 47.4 Å². The first-order chi connectivity index (χ1) is 15.7. The number of anilines is 3. The highest BCUT2D eigenvalue weighted by Gasteiger charge is 2.24. The summed E-state index contributed by atoms with van der Waals surface area (Å²) in [6.45, 7) is 6.26. The smallest absolute Gasteiger partial charge is 0.252 e. The summed E-state index contributed by atoms with van der Waals surface area (Å²) in [6.07, 6.45) is 7.97. The van der Waals surface area contributed by atoms with E-state index in [-0.39, 0.29) is 11.6 Å². The maximum atomic E-state index is 12.8. The number of hydrogen-bond donors (Lipinski definition) is 2. The van der Waals surface area contributed by atoms with Gasteiger partial charge in [0.15, 0.2) is 0 Å². The summed E-state index contributed by atoms with van der Waals surface area (Å²) >= 11 is 0. The van der Waals surface area contributed by atoms with E-state index >= 15 is 0 Å². The van der Waals surface area contributed by atoms with Crippen LogP contribution in [0.2, 0.25) is 0 Å². The molecule has 32 heavy (non-hydrogen) atoms. The highest BCUT2D eigenvalue weighted by Crippen LogP contribution is 2.33. The molecule has 168 valence electrons. The maximum Gasteiger partial charge on any atom is 0.252 e. The molecule has 7 nitrogen and oxygen atoms in total. The van der Waals surface area contributed by atoms with Crippen molar-refractivity contribution in [3.05, 3.63) is 52.9 Å². The highest BCUT2D eigenvalue weighted by atomic mass is 16.1. The van der Waals surface area contributed by atoms with Crippen molar-refractivity contribution in [2.24, 2.45) is 5.92 Å². The summed E-state index contributed by atoms with van der Waals surface area (Å²) in [6, 6.07) is 12.0. The predicted octanol–water partition coefficient (Wildman–Crippen LogP) is 4.09. The Kier molecular flexibility index (Phi) is 6.08. The Morgan fingerprint density at radius 3 is 2.53 bits per heavy atom. The molecule has 1 aromatic carbocycles. The average molecular weight is 433 g/mol. The number of nitrogens with zero attached hydrogens (tertiary/aromatic N) is 4. The third-order valence-corrected chi connectivity index (χ3v) is 7.01. The van der Waals surface area contributed by atoms with E-state index in [1.807, 2.05) is 16.8 Å². The molecule has 0 amide bonds. The minimum Gasteiger partial charge on any atom is -0.369 e. The van der Waals surface area contributed by atoms with Gasteiger partial charge in [-0.3, -0.25) is 9.36 Å². The molecule has 1 saturated carbocycles. The second-order valence-corrected chi connectivity index (χ2v) is 9.06. The standard InChI is InChI=1S/C25H32N6O/c1-18(19-5-3-2-4-6-19)31-23(32)12-7-20-17-27-25(29-24(20)31)28-21-8-10-22(11-9-21)30-15-13-26-14-16-30/h7-12,17-19,26H,2-6,13-16H2,1H3,(H,27,28,29). The van der Waals surface area contributed by atoms with E-state index in [1.54, 1.807) is 6.07 Å². The fourth-order valence-corrected chi connectivity index (χ4v) is 5.13. The molecular formula is C25H32N6O. The first-order valence-corrected chi connectivity index (χ1v) is 11.9. The van der Waals surface area contributed by atoms with Gasteiger partial charge in [0.2, 0.25) is 5.95 Å². The summed E-state index contributed by atoms with van der Waals surface area (Å²) < 4.78 is 1.88. The summed E-state index contributed by atoms with van der Waals surface area (Å²) in [4.78, 5) is 24.5. The molecule has 1 aliphatic heterocycles. The lowest BCUT2D eigenvalue weighted by atomic mass is 9.84. The molecule has 0 radical (unpaired) electrons. The van der Waals surface area contributed by atoms with E-state index in [1.165, 1.54) is 37.8 Å². The van der Waals surface area contributed by atoms with E-state index in [4.69, 9.17) is 4.98 Å². The first-order valence-electron chi connectivity index (χ1n) is 11.9. The summed E-state index contributed by atoms with van der Waals surface area (Å²) in [5, 5.41) is 7.60. The number of pyridine rings is 1. The number of piperazine rings is 1. The molecule has 0 spiro atoms. The molecule has 1 unspecified atom stereocenters. The van der Waals surface area contributed by atoms with Gasteiger partial charge in [-0.05, 0) is 56.0 Å². The molecule has 0 bridgehead atoms. The number of rotatable bonds is 5. The van der Waals surface area contributed by atoms with E-state index in [0.717, 1.165) is 37.3 Å². The minimum absolute atomic E-state index is 0.0144. The van der Waals surface area contributed by atoms with Crippen LogP contribution in [0.25, 0.3) is 11.0 Å². The molecule has 5 rings (SSSR count). The van der Waals surface area contributed by atoms with Gasteiger partial charge in [-0.1, -0.05) is 19.3 Å². The normalized spacial score (nSPS) is 18.6. The van der Waals surface area contributed by atoms with Gasteiger partial charge < -0.3 is 15.5 Å². The lowest BCUT2D eigenvalue weighted by Crippen LogP contribution is -2.43. The lowest BCUT2D eigenvalue weighted by molar-refractivity contribution is 0.264. The Morgan fingerprint density at radius 1 is 1.03 bits per heavy atom. The van der Waals surface area contributed by atoms with E-state index in [9.17, 15) is 4.79 Å². The van der Waals surface area contributed by atoms with Gasteiger partial charge in [0.25, 0.3) is 5.56 Å². The number of fused-ring (bicyclic) bond motifs is 1. The number of benzene rings is 1. The van der Waals surface area contributed by atoms with Crippen LogP contribution in [0.1, 0.15) is 45.1 Å². The van der Waals surface area contributed by atoms with E-state index in [2.05, 4.69) is 51.7 Å². The van der Waals surface area contributed by atoms with Crippen molar-refractivity contribution in [1.29, 1.82) is 0 Å².